The maximum absolute atomic E-state index is 12.5. The van der Waals surface area contributed by atoms with Gasteiger partial charge in [-0.1, -0.05) is 31.2 Å². The highest BCUT2D eigenvalue weighted by atomic mass is 16.6. The Morgan fingerprint density at radius 2 is 1.24 bits per heavy atom. The van der Waals surface area contributed by atoms with Crippen LogP contribution in [0.5, 0.6) is 0 Å². The molecule has 8 nitrogen and oxygen atoms in total. The molecule has 0 saturated heterocycles. The Bertz CT molecular complexity index is 1140. The summed E-state index contributed by atoms with van der Waals surface area (Å²) < 4.78 is 10.6. The molecule has 2 aromatic carbocycles. The molecule has 0 aliphatic rings. The van der Waals surface area contributed by atoms with Gasteiger partial charge in [0.25, 0.3) is 11.8 Å². The Morgan fingerprint density at radius 1 is 0.765 bits per heavy atom. The number of carbonyl (C=O) groups is 3. The van der Waals surface area contributed by atoms with Crippen LogP contribution in [-0.2, 0) is 17.7 Å². The first-order chi connectivity index (χ1) is 16.1. The molecule has 0 aliphatic heterocycles. The van der Waals surface area contributed by atoms with Crippen molar-refractivity contribution in [1.82, 2.24) is 5.32 Å². The van der Waals surface area contributed by atoms with Gasteiger partial charge in [-0.2, -0.15) is 0 Å². The Balaban J connectivity index is 1.52. The third-order valence-electron chi connectivity index (χ3n) is 4.72. The van der Waals surface area contributed by atoms with Crippen LogP contribution in [0, 0.1) is 0 Å². The van der Waals surface area contributed by atoms with Gasteiger partial charge in [-0.25, -0.2) is 4.79 Å². The largest absolute Gasteiger partial charge is 0.446 e. The third-order valence-corrected chi connectivity index (χ3v) is 4.72. The number of benzene rings is 2. The second-order valence-electron chi connectivity index (χ2n) is 8.67. The van der Waals surface area contributed by atoms with Gasteiger partial charge in [0.2, 0.25) is 0 Å². The first-order valence-electron chi connectivity index (χ1n) is 11.0. The quantitative estimate of drug-likeness (QED) is 0.436. The van der Waals surface area contributed by atoms with Crippen molar-refractivity contribution in [2.75, 3.05) is 10.6 Å². The summed E-state index contributed by atoms with van der Waals surface area (Å²) in [4.78, 5) is 36.7. The number of carbonyl (C=O) groups excluding carboxylic acids is 3. The molecular weight excluding hydrogens is 434 g/mol. The summed E-state index contributed by atoms with van der Waals surface area (Å²) in [5, 5.41) is 8.14. The van der Waals surface area contributed by atoms with Gasteiger partial charge in [-0.05, 0) is 74.7 Å². The molecular formula is C26H29N3O5. The van der Waals surface area contributed by atoms with Gasteiger partial charge in [0.05, 0.1) is 0 Å². The monoisotopic (exact) mass is 463 g/mol. The Labute approximate surface area is 198 Å². The Kier molecular flexibility index (Phi) is 7.73. The smallest absolute Gasteiger partial charge is 0.407 e. The number of nitrogens with one attached hydrogen (secondary N) is 3. The van der Waals surface area contributed by atoms with Gasteiger partial charge < -0.3 is 25.1 Å². The first-order valence-corrected chi connectivity index (χ1v) is 11.0. The molecule has 0 radical (unpaired) electrons. The lowest BCUT2D eigenvalue weighted by molar-refractivity contribution is 0.0523. The summed E-state index contributed by atoms with van der Waals surface area (Å²) in [5.74, 6) is -0.869. The first kappa shape index (κ1) is 24.6. The van der Waals surface area contributed by atoms with E-state index in [2.05, 4.69) is 22.9 Å². The molecule has 0 atom stereocenters. The molecule has 0 bridgehead atoms. The SMILES string of the molecule is CCc1ccc(NC(=O)c2ccc(C(=O)Nc3ccc(CNC(=O)OC(C)(C)C)cc3)o2)cc1. The summed E-state index contributed by atoms with van der Waals surface area (Å²) in [6.45, 7) is 7.74. The van der Waals surface area contributed by atoms with Crippen LogP contribution in [0.2, 0.25) is 0 Å². The number of alkyl carbamates (subject to hydrolysis) is 1. The summed E-state index contributed by atoms with van der Waals surface area (Å²) in [6, 6.07) is 17.4. The molecule has 1 aromatic heterocycles. The van der Waals surface area contributed by atoms with Gasteiger partial charge in [0.15, 0.2) is 11.5 Å². The van der Waals surface area contributed by atoms with Crippen molar-refractivity contribution in [3.05, 3.63) is 83.3 Å². The molecule has 34 heavy (non-hydrogen) atoms. The van der Waals surface area contributed by atoms with E-state index in [0.29, 0.717) is 17.9 Å². The summed E-state index contributed by atoms with van der Waals surface area (Å²) in [5.41, 5.74) is 2.63. The number of hydrogen-bond acceptors (Lipinski definition) is 5. The van der Waals surface area contributed by atoms with Crippen LogP contribution in [-0.4, -0.2) is 23.5 Å². The lowest BCUT2D eigenvalue weighted by atomic mass is 10.1. The van der Waals surface area contributed by atoms with Crippen molar-refractivity contribution < 1.29 is 23.5 Å². The number of ether oxygens (including phenoxy) is 1. The van der Waals surface area contributed by atoms with E-state index in [1.807, 2.05) is 24.3 Å². The second-order valence-corrected chi connectivity index (χ2v) is 8.67. The van der Waals surface area contributed by atoms with E-state index in [4.69, 9.17) is 9.15 Å². The zero-order valence-corrected chi connectivity index (χ0v) is 19.7. The van der Waals surface area contributed by atoms with Crippen LogP contribution < -0.4 is 16.0 Å². The highest BCUT2D eigenvalue weighted by Crippen LogP contribution is 2.16. The van der Waals surface area contributed by atoms with Crippen molar-refractivity contribution in [3.63, 3.8) is 0 Å². The fourth-order valence-corrected chi connectivity index (χ4v) is 2.99. The van der Waals surface area contributed by atoms with E-state index < -0.39 is 23.5 Å². The van der Waals surface area contributed by atoms with Crippen LogP contribution >= 0.6 is 0 Å². The minimum atomic E-state index is -0.565. The molecule has 0 unspecified atom stereocenters. The zero-order valence-electron chi connectivity index (χ0n) is 19.7. The minimum absolute atomic E-state index is 0.0159. The normalized spacial score (nSPS) is 10.9. The fraction of sp³-hybridized carbons (Fsp3) is 0.269. The molecule has 1 heterocycles. The van der Waals surface area contributed by atoms with Crippen LogP contribution in [0.25, 0.3) is 0 Å². The zero-order chi connectivity index (χ0) is 24.7. The number of aryl methyl sites for hydroxylation is 1. The molecule has 3 aromatic rings. The second kappa shape index (κ2) is 10.7. The lowest BCUT2D eigenvalue weighted by Crippen LogP contribution is -2.32. The van der Waals surface area contributed by atoms with Gasteiger partial charge in [0.1, 0.15) is 5.60 Å². The van der Waals surface area contributed by atoms with Crippen LogP contribution in [0.15, 0.2) is 65.1 Å². The standard InChI is InChI=1S/C26H29N3O5/c1-5-17-6-10-19(11-7-17)28-23(30)21-14-15-22(33-21)24(31)29-20-12-8-18(9-13-20)16-27-25(32)34-26(2,3)4/h6-15H,5,16H2,1-4H3,(H,27,32)(H,28,30)(H,29,31). The third kappa shape index (κ3) is 7.23. The number of furan rings is 1. The van der Waals surface area contributed by atoms with E-state index in [-0.39, 0.29) is 11.5 Å². The highest BCUT2D eigenvalue weighted by molar-refractivity contribution is 6.05. The predicted molar refractivity (Wildman–Crippen MR) is 130 cm³/mol. The highest BCUT2D eigenvalue weighted by Gasteiger charge is 2.17. The van der Waals surface area contributed by atoms with E-state index in [9.17, 15) is 14.4 Å². The van der Waals surface area contributed by atoms with Crippen molar-refractivity contribution in [2.45, 2.75) is 46.3 Å². The number of hydrogen-bond donors (Lipinski definition) is 3. The van der Waals surface area contributed by atoms with Crippen molar-refractivity contribution >= 4 is 29.3 Å². The Hall–Kier alpha value is -4.07. The number of anilines is 2. The fourth-order valence-electron chi connectivity index (χ4n) is 2.99. The number of rotatable bonds is 7. The van der Waals surface area contributed by atoms with Crippen molar-refractivity contribution in [1.29, 1.82) is 0 Å². The van der Waals surface area contributed by atoms with Crippen molar-refractivity contribution in [2.24, 2.45) is 0 Å². The molecule has 8 heteroatoms. The van der Waals surface area contributed by atoms with E-state index in [1.54, 1.807) is 45.0 Å². The summed E-state index contributed by atoms with van der Waals surface area (Å²) in [6.07, 6.45) is 0.414. The molecule has 178 valence electrons. The predicted octanol–water partition coefficient (Wildman–Crippen LogP) is 5.37. The molecule has 0 fully saturated rings. The molecule has 0 aliphatic carbocycles. The van der Waals surface area contributed by atoms with Crippen LogP contribution in [0.3, 0.4) is 0 Å². The molecule has 3 amide bonds. The lowest BCUT2D eigenvalue weighted by Gasteiger charge is -2.19. The Morgan fingerprint density at radius 3 is 1.68 bits per heavy atom. The van der Waals surface area contributed by atoms with Gasteiger partial charge in [0, 0.05) is 17.9 Å². The molecule has 0 saturated carbocycles. The number of amides is 3. The van der Waals surface area contributed by atoms with Gasteiger partial charge in [-0.3, -0.25) is 9.59 Å². The minimum Gasteiger partial charge on any atom is -0.446 e. The van der Waals surface area contributed by atoms with Crippen LogP contribution in [0.4, 0.5) is 16.2 Å². The summed E-state index contributed by atoms with van der Waals surface area (Å²) >= 11 is 0. The molecule has 0 spiro atoms. The molecule has 3 rings (SSSR count). The maximum atomic E-state index is 12.5. The molecule has 3 N–H and O–H groups in total. The van der Waals surface area contributed by atoms with Gasteiger partial charge >= 0.3 is 6.09 Å². The van der Waals surface area contributed by atoms with E-state index in [0.717, 1.165) is 12.0 Å². The average Bonchev–Trinajstić information content (AvgIpc) is 3.29. The van der Waals surface area contributed by atoms with Crippen molar-refractivity contribution in [3.8, 4) is 0 Å². The maximum Gasteiger partial charge on any atom is 0.407 e. The summed E-state index contributed by atoms with van der Waals surface area (Å²) in [7, 11) is 0. The van der Waals surface area contributed by atoms with Gasteiger partial charge in [-0.15, -0.1) is 0 Å². The van der Waals surface area contributed by atoms with Crippen LogP contribution in [0.1, 0.15) is 59.9 Å². The van der Waals surface area contributed by atoms with E-state index >= 15 is 0 Å². The average molecular weight is 464 g/mol. The van der Waals surface area contributed by atoms with E-state index in [1.165, 1.54) is 17.7 Å². The topological polar surface area (TPSA) is 110 Å².